The SMILES string of the molecule is CCCNC(C)c1nnnn1-c1cccc(C)c1Br. The van der Waals surface area contributed by atoms with Crippen molar-refractivity contribution in [2.75, 3.05) is 6.54 Å². The molecule has 5 nitrogen and oxygen atoms in total. The number of rotatable bonds is 5. The summed E-state index contributed by atoms with van der Waals surface area (Å²) >= 11 is 3.60. The predicted molar refractivity (Wildman–Crippen MR) is 78.3 cm³/mol. The van der Waals surface area contributed by atoms with E-state index in [9.17, 15) is 0 Å². The summed E-state index contributed by atoms with van der Waals surface area (Å²) in [7, 11) is 0. The van der Waals surface area contributed by atoms with Gasteiger partial charge in [0.25, 0.3) is 0 Å². The average molecular weight is 324 g/mol. The minimum absolute atomic E-state index is 0.113. The van der Waals surface area contributed by atoms with E-state index in [1.165, 1.54) is 0 Å². The molecule has 1 unspecified atom stereocenters. The highest BCUT2D eigenvalue weighted by Crippen LogP contribution is 2.25. The third-order valence-corrected chi connectivity index (χ3v) is 4.01. The molecule has 1 atom stereocenters. The molecule has 0 fully saturated rings. The smallest absolute Gasteiger partial charge is 0.173 e. The lowest BCUT2D eigenvalue weighted by molar-refractivity contribution is 0.531. The van der Waals surface area contributed by atoms with Gasteiger partial charge < -0.3 is 5.32 Å². The zero-order chi connectivity index (χ0) is 13.8. The Balaban J connectivity index is 2.36. The summed E-state index contributed by atoms with van der Waals surface area (Å²) in [5, 5.41) is 15.4. The highest BCUT2D eigenvalue weighted by Gasteiger charge is 2.17. The van der Waals surface area contributed by atoms with Crippen molar-refractivity contribution in [3.05, 3.63) is 34.1 Å². The topological polar surface area (TPSA) is 55.6 Å². The van der Waals surface area contributed by atoms with E-state index >= 15 is 0 Å². The molecule has 0 saturated carbocycles. The normalized spacial score (nSPS) is 12.6. The van der Waals surface area contributed by atoms with Crippen LogP contribution in [0.3, 0.4) is 0 Å². The first-order valence-electron chi connectivity index (χ1n) is 6.42. The molecule has 1 aromatic carbocycles. The van der Waals surface area contributed by atoms with E-state index in [1.54, 1.807) is 4.68 Å². The van der Waals surface area contributed by atoms with Crippen molar-refractivity contribution < 1.29 is 0 Å². The van der Waals surface area contributed by atoms with Gasteiger partial charge in [0.05, 0.1) is 11.7 Å². The Morgan fingerprint density at radius 1 is 1.42 bits per heavy atom. The van der Waals surface area contributed by atoms with Gasteiger partial charge in [0.1, 0.15) is 0 Å². The van der Waals surface area contributed by atoms with Gasteiger partial charge in [0, 0.05) is 4.47 Å². The van der Waals surface area contributed by atoms with Gasteiger partial charge >= 0.3 is 0 Å². The second-order valence-corrected chi connectivity index (χ2v) is 5.33. The quantitative estimate of drug-likeness (QED) is 0.919. The van der Waals surface area contributed by atoms with Gasteiger partial charge in [-0.3, -0.25) is 0 Å². The third kappa shape index (κ3) is 3.01. The fourth-order valence-corrected chi connectivity index (χ4v) is 2.32. The van der Waals surface area contributed by atoms with Gasteiger partial charge in [0.15, 0.2) is 5.82 Å². The molecular formula is C13H18BrN5. The number of hydrogen-bond donors (Lipinski definition) is 1. The van der Waals surface area contributed by atoms with E-state index in [2.05, 4.69) is 63.6 Å². The van der Waals surface area contributed by atoms with Crippen molar-refractivity contribution >= 4 is 15.9 Å². The second-order valence-electron chi connectivity index (χ2n) is 4.53. The average Bonchev–Trinajstić information content (AvgIpc) is 2.88. The molecule has 2 aromatic rings. The minimum atomic E-state index is 0.113. The van der Waals surface area contributed by atoms with Crippen molar-refractivity contribution in [2.24, 2.45) is 0 Å². The van der Waals surface area contributed by atoms with E-state index in [0.717, 1.165) is 34.5 Å². The van der Waals surface area contributed by atoms with Crippen molar-refractivity contribution in [1.82, 2.24) is 25.5 Å². The van der Waals surface area contributed by atoms with Crippen LogP contribution in [0, 0.1) is 6.92 Å². The Morgan fingerprint density at radius 2 is 2.21 bits per heavy atom. The molecule has 1 N–H and O–H groups in total. The summed E-state index contributed by atoms with van der Waals surface area (Å²) < 4.78 is 2.80. The molecular weight excluding hydrogens is 306 g/mol. The molecule has 1 aromatic heterocycles. The first-order valence-corrected chi connectivity index (χ1v) is 7.21. The number of aryl methyl sites for hydroxylation is 1. The van der Waals surface area contributed by atoms with Crippen molar-refractivity contribution in [3.63, 3.8) is 0 Å². The monoisotopic (exact) mass is 323 g/mol. The van der Waals surface area contributed by atoms with Crippen LogP contribution in [0.1, 0.15) is 37.7 Å². The van der Waals surface area contributed by atoms with Crippen LogP contribution in [0.4, 0.5) is 0 Å². The van der Waals surface area contributed by atoms with Crippen LogP contribution in [0.25, 0.3) is 5.69 Å². The molecule has 6 heteroatoms. The fraction of sp³-hybridized carbons (Fsp3) is 0.462. The summed E-state index contributed by atoms with van der Waals surface area (Å²) in [5.74, 6) is 0.819. The number of hydrogen-bond acceptors (Lipinski definition) is 4. The molecule has 0 saturated heterocycles. The van der Waals surface area contributed by atoms with Gasteiger partial charge in [-0.1, -0.05) is 19.1 Å². The standard InChI is InChI=1S/C13H18BrN5/c1-4-8-15-10(3)13-16-17-18-19(13)11-7-5-6-9(2)12(11)14/h5-7,10,15H,4,8H2,1-3H3. The van der Waals surface area contributed by atoms with E-state index in [1.807, 2.05) is 12.1 Å². The van der Waals surface area contributed by atoms with Crippen LogP contribution in [0.2, 0.25) is 0 Å². The molecule has 2 rings (SSSR count). The van der Waals surface area contributed by atoms with Gasteiger partial charge in [-0.05, 0) is 64.8 Å². The molecule has 19 heavy (non-hydrogen) atoms. The highest BCUT2D eigenvalue weighted by molar-refractivity contribution is 9.10. The molecule has 0 bridgehead atoms. The van der Waals surface area contributed by atoms with Gasteiger partial charge in [0.2, 0.25) is 0 Å². The zero-order valence-electron chi connectivity index (χ0n) is 11.4. The van der Waals surface area contributed by atoms with Crippen LogP contribution < -0.4 is 5.32 Å². The Morgan fingerprint density at radius 3 is 2.95 bits per heavy atom. The van der Waals surface area contributed by atoms with E-state index < -0.39 is 0 Å². The summed E-state index contributed by atoms with van der Waals surface area (Å²) in [5.41, 5.74) is 2.12. The lowest BCUT2D eigenvalue weighted by Gasteiger charge is -2.14. The van der Waals surface area contributed by atoms with Crippen LogP contribution in [-0.2, 0) is 0 Å². The Hall–Kier alpha value is -1.27. The van der Waals surface area contributed by atoms with Crippen molar-refractivity contribution in [3.8, 4) is 5.69 Å². The lowest BCUT2D eigenvalue weighted by Crippen LogP contribution is -2.22. The van der Waals surface area contributed by atoms with Gasteiger partial charge in [-0.2, -0.15) is 4.68 Å². The Bertz CT molecular complexity index is 552. The lowest BCUT2D eigenvalue weighted by atomic mass is 10.2. The van der Waals surface area contributed by atoms with E-state index in [4.69, 9.17) is 0 Å². The van der Waals surface area contributed by atoms with Crippen LogP contribution in [0.15, 0.2) is 22.7 Å². The Labute approximate surface area is 121 Å². The molecule has 0 aliphatic rings. The van der Waals surface area contributed by atoms with Crippen molar-refractivity contribution in [1.29, 1.82) is 0 Å². The largest absolute Gasteiger partial charge is 0.307 e. The zero-order valence-corrected chi connectivity index (χ0v) is 13.0. The second kappa shape index (κ2) is 6.25. The number of aromatic nitrogens is 4. The highest BCUT2D eigenvalue weighted by atomic mass is 79.9. The first kappa shape index (κ1) is 14.1. The molecule has 102 valence electrons. The van der Waals surface area contributed by atoms with Crippen LogP contribution >= 0.6 is 15.9 Å². The maximum atomic E-state index is 4.13. The number of benzene rings is 1. The maximum Gasteiger partial charge on any atom is 0.173 e. The van der Waals surface area contributed by atoms with Crippen LogP contribution in [-0.4, -0.2) is 26.8 Å². The van der Waals surface area contributed by atoms with E-state index in [-0.39, 0.29) is 6.04 Å². The molecule has 0 radical (unpaired) electrons. The van der Waals surface area contributed by atoms with Crippen LogP contribution in [0.5, 0.6) is 0 Å². The minimum Gasteiger partial charge on any atom is -0.307 e. The maximum absolute atomic E-state index is 4.13. The number of halogens is 1. The predicted octanol–water partition coefficient (Wildman–Crippen LogP) is 2.79. The van der Waals surface area contributed by atoms with Gasteiger partial charge in [-0.15, -0.1) is 5.10 Å². The molecule has 0 aliphatic carbocycles. The number of nitrogens with zero attached hydrogens (tertiary/aromatic N) is 4. The fourth-order valence-electron chi connectivity index (χ4n) is 1.88. The molecule has 0 aliphatic heterocycles. The first-order chi connectivity index (χ1) is 9.15. The summed E-state index contributed by atoms with van der Waals surface area (Å²) in [6.45, 7) is 7.21. The van der Waals surface area contributed by atoms with E-state index in [0.29, 0.717) is 0 Å². The third-order valence-electron chi connectivity index (χ3n) is 2.98. The Kier molecular flexibility index (Phi) is 4.66. The molecule has 1 heterocycles. The number of nitrogens with one attached hydrogen (secondary N) is 1. The summed E-state index contributed by atoms with van der Waals surface area (Å²) in [6, 6.07) is 6.17. The number of tetrazole rings is 1. The summed E-state index contributed by atoms with van der Waals surface area (Å²) in [6.07, 6.45) is 1.08. The molecule has 0 spiro atoms. The summed E-state index contributed by atoms with van der Waals surface area (Å²) in [4.78, 5) is 0. The van der Waals surface area contributed by atoms with Crippen molar-refractivity contribution in [2.45, 2.75) is 33.2 Å². The molecule has 0 amide bonds. The van der Waals surface area contributed by atoms with Gasteiger partial charge in [-0.25, -0.2) is 0 Å².